The average Bonchev–Trinajstić information content (AvgIpc) is 3.46. The Morgan fingerprint density at radius 2 is 2.06 bits per heavy atom. The summed E-state index contributed by atoms with van der Waals surface area (Å²) >= 11 is 1.41. The molecule has 0 unspecified atom stereocenters. The third-order valence-electron chi connectivity index (χ3n) is 5.25. The molecule has 0 bridgehead atoms. The maximum absolute atomic E-state index is 12.8. The molecule has 1 fully saturated rings. The summed E-state index contributed by atoms with van der Waals surface area (Å²) in [4.78, 5) is 31.2. The van der Waals surface area contributed by atoms with Gasteiger partial charge in [0.05, 0.1) is 11.3 Å². The first-order chi connectivity index (χ1) is 15.5. The van der Waals surface area contributed by atoms with Crippen LogP contribution in [0.4, 0.5) is 5.13 Å². The molecule has 0 radical (unpaired) electrons. The Bertz CT molecular complexity index is 1150. The second kappa shape index (κ2) is 9.66. The fraction of sp³-hybridized carbons (Fsp3) is 0.304. The maximum Gasteiger partial charge on any atom is 0.289 e. The number of amides is 2. The number of rotatable bonds is 6. The Balaban J connectivity index is 1.28. The fourth-order valence-electron chi connectivity index (χ4n) is 3.52. The van der Waals surface area contributed by atoms with Gasteiger partial charge < -0.3 is 19.4 Å². The van der Waals surface area contributed by atoms with Gasteiger partial charge in [-0.2, -0.15) is 5.26 Å². The molecule has 1 saturated heterocycles. The van der Waals surface area contributed by atoms with Crippen molar-refractivity contribution in [2.45, 2.75) is 26.4 Å². The number of nitrogens with one attached hydrogen (secondary N) is 1. The summed E-state index contributed by atoms with van der Waals surface area (Å²) < 4.78 is 11.3. The molecule has 1 N–H and O–H groups in total. The number of anilines is 1. The summed E-state index contributed by atoms with van der Waals surface area (Å²) in [5.74, 6) is 0.786. The quantitative estimate of drug-likeness (QED) is 0.608. The van der Waals surface area contributed by atoms with Gasteiger partial charge in [-0.25, -0.2) is 4.98 Å². The highest BCUT2D eigenvalue weighted by Crippen LogP contribution is 2.24. The normalized spacial score (nSPS) is 14.1. The summed E-state index contributed by atoms with van der Waals surface area (Å²) in [6.07, 6.45) is 1.17. The van der Waals surface area contributed by atoms with E-state index in [-0.39, 0.29) is 30.1 Å². The molecule has 2 amide bonds. The lowest BCUT2D eigenvalue weighted by molar-refractivity contribution is -0.121. The molecule has 0 saturated carbocycles. The summed E-state index contributed by atoms with van der Waals surface area (Å²) in [7, 11) is 0. The first-order valence-corrected chi connectivity index (χ1v) is 11.1. The van der Waals surface area contributed by atoms with Gasteiger partial charge in [-0.15, -0.1) is 11.3 Å². The third-order valence-corrected chi connectivity index (χ3v) is 6.13. The van der Waals surface area contributed by atoms with Crippen LogP contribution in [-0.2, 0) is 11.4 Å². The van der Waals surface area contributed by atoms with Crippen LogP contribution < -0.4 is 10.1 Å². The number of para-hydroxylation sites is 1. The van der Waals surface area contributed by atoms with Gasteiger partial charge >= 0.3 is 0 Å². The predicted molar refractivity (Wildman–Crippen MR) is 118 cm³/mol. The molecule has 2 aromatic heterocycles. The fourth-order valence-corrected chi connectivity index (χ4v) is 4.21. The molecule has 32 heavy (non-hydrogen) atoms. The highest BCUT2D eigenvalue weighted by atomic mass is 32.1. The molecular weight excluding hydrogens is 428 g/mol. The number of thiazole rings is 1. The molecular formula is C23H22N4O4S. The standard InChI is InChI=1S/C23H22N4O4S/c1-15-14-32-23(25-15)26-21(28)16-8-10-27(11-9-16)22(29)20-7-6-18(31-20)13-30-19-5-3-2-4-17(19)12-24/h2-7,14,16H,8-11,13H2,1H3,(H,25,26,28). The number of hydrogen-bond acceptors (Lipinski definition) is 7. The number of aryl methyl sites for hydroxylation is 1. The van der Waals surface area contributed by atoms with Crippen molar-refractivity contribution in [1.29, 1.82) is 5.26 Å². The van der Waals surface area contributed by atoms with Crippen molar-refractivity contribution in [1.82, 2.24) is 9.88 Å². The van der Waals surface area contributed by atoms with Crippen LogP contribution in [0.5, 0.6) is 5.75 Å². The van der Waals surface area contributed by atoms with Crippen molar-refractivity contribution in [2.24, 2.45) is 5.92 Å². The molecule has 4 rings (SSSR count). The van der Waals surface area contributed by atoms with E-state index in [1.54, 1.807) is 41.3 Å². The van der Waals surface area contributed by atoms with Crippen LogP contribution in [0.2, 0.25) is 0 Å². The average molecular weight is 451 g/mol. The number of aromatic nitrogens is 1. The largest absolute Gasteiger partial charge is 0.484 e. The Kier molecular flexibility index (Phi) is 6.52. The number of likely N-dealkylation sites (tertiary alicyclic amines) is 1. The first kappa shape index (κ1) is 21.6. The molecule has 0 spiro atoms. The number of hydrogen-bond donors (Lipinski definition) is 1. The summed E-state index contributed by atoms with van der Waals surface area (Å²) in [5.41, 5.74) is 1.32. The minimum atomic E-state index is -0.205. The van der Waals surface area contributed by atoms with Gasteiger partial charge in [-0.3, -0.25) is 9.59 Å². The number of nitriles is 1. The maximum atomic E-state index is 12.8. The van der Waals surface area contributed by atoms with Crippen LogP contribution in [0, 0.1) is 24.2 Å². The van der Waals surface area contributed by atoms with Gasteiger partial charge in [-0.05, 0) is 44.0 Å². The van der Waals surface area contributed by atoms with Crippen LogP contribution >= 0.6 is 11.3 Å². The second-order valence-electron chi connectivity index (χ2n) is 7.51. The number of carbonyl (C=O) groups excluding carboxylic acids is 2. The predicted octanol–water partition coefficient (Wildman–Crippen LogP) is 3.99. The van der Waals surface area contributed by atoms with Crippen molar-refractivity contribution >= 4 is 28.3 Å². The lowest BCUT2D eigenvalue weighted by Gasteiger charge is -2.30. The molecule has 8 nitrogen and oxygen atoms in total. The monoisotopic (exact) mass is 450 g/mol. The van der Waals surface area contributed by atoms with Crippen molar-refractivity contribution in [2.75, 3.05) is 18.4 Å². The second-order valence-corrected chi connectivity index (χ2v) is 8.37. The highest BCUT2D eigenvalue weighted by Gasteiger charge is 2.29. The van der Waals surface area contributed by atoms with Crippen LogP contribution in [0.25, 0.3) is 0 Å². The summed E-state index contributed by atoms with van der Waals surface area (Å²) in [6, 6.07) is 12.3. The zero-order valence-electron chi connectivity index (χ0n) is 17.5. The van der Waals surface area contributed by atoms with E-state index in [0.29, 0.717) is 48.1 Å². The van der Waals surface area contributed by atoms with Gasteiger partial charge in [0.2, 0.25) is 5.91 Å². The lowest BCUT2D eigenvalue weighted by atomic mass is 9.96. The van der Waals surface area contributed by atoms with Gasteiger partial charge in [-0.1, -0.05) is 12.1 Å². The van der Waals surface area contributed by atoms with Gasteiger partial charge in [0.25, 0.3) is 5.91 Å². The molecule has 1 aromatic carbocycles. The van der Waals surface area contributed by atoms with E-state index >= 15 is 0 Å². The van der Waals surface area contributed by atoms with Crippen LogP contribution in [0.15, 0.2) is 46.2 Å². The molecule has 0 aliphatic carbocycles. The topological polar surface area (TPSA) is 108 Å². The number of carbonyl (C=O) groups is 2. The highest BCUT2D eigenvalue weighted by molar-refractivity contribution is 7.13. The van der Waals surface area contributed by atoms with E-state index in [9.17, 15) is 9.59 Å². The van der Waals surface area contributed by atoms with E-state index < -0.39 is 0 Å². The van der Waals surface area contributed by atoms with Crippen molar-refractivity contribution in [3.8, 4) is 11.8 Å². The van der Waals surface area contributed by atoms with Crippen molar-refractivity contribution in [3.05, 3.63) is 64.6 Å². The van der Waals surface area contributed by atoms with Crippen molar-refractivity contribution < 1.29 is 18.7 Å². The Morgan fingerprint density at radius 3 is 2.78 bits per heavy atom. The summed E-state index contributed by atoms with van der Waals surface area (Å²) in [5, 5.41) is 14.5. The Morgan fingerprint density at radius 1 is 1.28 bits per heavy atom. The van der Waals surface area contributed by atoms with E-state index in [4.69, 9.17) is 14.4 Å². The number of piperidine rings is 1. The van der Waals surface area contributed by atoms with Crippen LogP contribution in [0.3, 0.4) is 0 Å². The molecule has 1 aliphatic heterocycles. The molecule has 164 valence electrons. The van der Waals surface area contributed by atoms with Crippen LogP contribution in [0.1, 0.15) is 40.4 Å². The summed E-state index contributed by atoms with van der Waals surface area (Å²) in [6.45, 7) is 2.96. The number of ether oxygens (including phenoxy) is 1. The SMILES string of the molecule is Cc1csc(NC(=O)C2CCN(C(=O)c3ccc(COc4ccccc4C#N)o3)CC2)n1. The Labute approximate surface area is 189 Å². The minimum absolute atomic E-state index is 0.0541. The lowest BCUT2D eigenvalue weighted by Crippen LogP contribution is -2.41. The number of benzene rings is 1. The number of furan rings is 1. The molecule has 1 aliphatic rings. The van der Waals surface area contributed by atoms with Crippen LogP contribution in [-0.4, -0.2) is 34.8 Å². The molecule has 3 aromatic rings. The van der Waals surface area contributed by atoms with E-state index in [0.717, 1.165) is 5.69 Å². The molecule has 0 atom stereocenters. The zero-order valence-corrected chi connectivity index (χ0v) is 18.4. The minimum Gasteiger partial charge on any atom is -0.484 e. The molecule has 9 heteroatoms. The number of nitrogens with zero attached hydrogens (tertiary/aromatic N) is 3. The third kappa shape index (κ3) is 4.98. The van der Waals surface area contributed by atoms with Gasteiger partial charge in [0, 0.05) is 24.4 Å². The Hall–Kier alpha value is -3.64. The van der Waals surface area contributed by atoms with Gasteiger partial charge in [0.1, 0.15) is 24.2 Å². The van der Waals surface area contributed by atoms with Gasteiger partial charge in [0.15, 0.2) is 10.9 Å². The van der Waals surface area contributed by atoms with E-state index in [2.05, 4.69) is 16.4 Å². The first-order valence-electron chi connectivity index (χ1n) is 10.3. The van der Waals surface area contributed by atoms with E-state index in [1.165, 1.54) is 11.3 Å². The smallest absolute Gasteiger partial charge is 0.289 e. The van der Waals surface area contributed by atoms with E-state index in [1.807, 2.05) is 12.3 Å². The van der Waals surface area contributed by atoms with Crippen molar-refractivity contribution in [3.63, 3.8) is 0 Å². The zero-order chi connectivity index (χ0) is 22.5. The molecule has 3 heterocycles.